The van der Waals surface area contributed by atoms with Crippen molar-refractivity contribution in [1.29, 1.82) is 0 Å². The van der Waals surface area contributed by atoms with Gasteiger partial charge in [-0.1, -0.05) is 44.2 Å². The van der Waals surface area contributed by atoms with Crippen molar-refractivity contribution in [1.82, 2.24) is 4.72 Å². The first kappa shape index (κ1) is 23.4. The number of sulfonamides is 1. The highest BCUT2D eigenvalue weighted by Crippen LogP contribution is 2.29. The number of esters is 1. The number of nitrogens with zero attached hydrogens (tertiary/aromatic N) is 1. The molecule has 0 fully saturated rings. The third-order valence-corrected chi connectivity index (χ3v) is 6.39. The molecule has 0 aliphatic carbocycles. The van der Waals surface area contributed by atoms with Crippen LogP contribution in [0.5, 0.6) is 0 Å². The van der Waals surface area contributed by atoms with Gasteiger partial charge in [-0.3, -0.25) is 19.3 Å². The molecule has 2 amide bonds. The van der Waals surface area contributed by atoms with Gasteiger partial charge in [-0.2, -0.15) is 4.72 Å². The number of amides is 2. The Morgan fingerprint density at radius 1 is 1.03 bits per heavy atom. The monoisotopic (exact) mass is 459 g/mol. The normalized spacial score (nSPS) is 15.5. The number of carbonyl (C=O) groups is 3. The van der Waals surface area contributed by atoms with E-state index in [0.717, 1.165) is 0 Å². The molecule has 0 radical (unpaired) electrons. The molecule has 32 heavy (non-hydrogen) atoms. The van der Waals surface area contributed by atoms with Crippen LogP contribution in [-0.4, -0.2) is 44.9 Å². The fourth-order valence-electron chi connectivity index (χ4n) is 3.24. The van der Waals surface area contributed by atoms with Crippen molar-refractivity contribution in [3.8, 4) is 0 Å². The van der Waals surface area contributed by atoms with Crippen LogP contribution in [-0.2, 0) is 29.1 Å². The maximum atomic E-state index is 13.0. The number of fused-ring (bicyclic) bond motifs is 1. The Balaban J connectivity index is 1.74. The zero-order chi connectivity index (χ0) is 23.5. The molecule has 0 aromatic heterocycles. The number of hydrogen-bond acceptors (Lipinski definition) is 6. The molecule has 0 saturated heterocycles. The highest BCUT2D eigenvalue weighted by atomic mass is 32.2. The molecule has 1 aliphatic heterocycles. The van der Waals surface area contributed by atoms with Crippen molar-refractivity contribution in [2.45, 2.75) is 37.8 Å². The second kappa shape index (κ2) is 9.49. The lowest BCUT2D eigenvalue weighted by Gasteiger charge is -2.31. The number of hydrogen-bond donors (Lipinski definition) is 2. The average molecular weight is 460 g/mol. The molecule has 1 aliphatic rings. The molecule has 170 valence electrons. The Morgan fingerprint density at radius 2 is 1.66 bits per heavy atom. The molecule has 2 aromatic rings. The van der Waals surface area contributed by atoms with Gasteiger partial charge < -0.3 is 10.1 Å². The van der Waals surface area contributed by atoms with Crippen molar-refractivity contribution in [2.75, 3.05) is 16.8 Å². The molecule has 0 saturated carbocycles. The quantitative estimate of drug-likeness (QED) is 0.610. The van der Waals surface area contributed by atoms with Crippen molar-refractivity contribution < 1.29 is 27.5 Å². The summed E-state index contributed by atoms with van der Waals surface area (Å²) < 4.78 is 33.0. The number of carbonyl (C=O) groups excluding carboxylic acids is 3. The largest absolute Gasteiger partial charge is 0.451 e. The van der Waals surface area contributed by atoms with Crippen LogP contribution in [0.15, 0.2) is 59.5 Å². The fourth-order valence-corrected chi connectivity index (χ4v) is 4.59. The second-order valence-electron chi connectivity index (χ2n) is 7.72. The number of rotatable bonds is 7. The zero-order valence-corrected chi connectivity index (χ0v) is 18.8. The van der Waals surface area contributed by atoms with Crippen molar-refractivity contribution in [3.63, 3.8) is 0 Å². The first-order valence-electron chi connectivity index (χ1n) is 10.1. The predicted octanol–water partition coefficient (Wildman–Crippen LogP) is 1.91. The maximum absolute atomic E-state index is 13.0. The van der Waals surface area contributed by atoms with E-state index in [4.69, 9.17) is 4.74 Å². The summed E-state index contributed by atoms with van der Waals surface area (Å²) in [6.07, 6.45) is -1.23. The van der Waals surface area contributed by atoms with E-state index in [2.05, 4.69) is 10.0 Å². The van der Waals surface area contributed by atoms with E-state index in [0.29, 0.717) is 11.4 Å². The molecular weight excluding hydrogens is 434 g/mol. The minimum Gasteiger partial charge on any atom is -0.451 e. The van der Waals surface area contributed by atoms with Gasteiger partial charge in [-0.25, -0.2) is 8.42 Å². The predicted molar refractivity (Wildman–Crippen MR) is 118 cm³/mol. The highest BCUT2D eigenvalue weighted by Gasteiger charge is 2.35. The molecule has 0 spiro atoms. The summed E-state index contributed by atoms with van der Waals surface area (Å²) in [5, 5.41) is 2.68. The van der Waals surface area contributed by atoms with E-state index in [1.165, 1.54) is 24.0 Å². The van der Waals surface area contributed by atoms with Crippen LogP contribution in [0, 0.1) is 5.92 Å². The molecular formula is C22H25N3O6S. The number of para-hydroxylation sites is 2. The smallest absolute Gasteiger partial charge is 0.325 e. The maximum Gasteiger partial charge on any atom is 0.325 e. The fraction of sp³-hybridized carbons (Fsp3) is 0.318. The van der Waals surface area contributed by atoms with Gasteiger partial charge >= 0.3 is 5.97 Å². The third-order valence-electron chi connectivity index (χ3n) is 4.93. The van der Waals surface area contributed by atoms with E-state index < -0.39 is 40.0 Å². The average Bonchev–Trinajstić information content (AvgIpc) is 2.76. The molecule has 3 rings (SSSR count). The molecule has 9 nitrogen and oxygen atoms in total. The summed E-state index contributed by atoms with van der Waals surface area (Å²) in [5.41, 5.74) is 0.969. The SMILES string of the molecule is CC(C)[C@@H](NS(=O)(=O)c1ccccc1)C(=O)O[C@H](C)C(=O)N1CC(=O)Nc2ccccc21. The Hall–Kier alpha value is -3.24. The Morgan fingerprint density at radius 3 is 2.31 bits per heavy atom. The van der Waals surface area contributed by atoms with Gasteiger partial charge in [0, 0.05) is 0 Å². The van der Waals surface area contributed by atoms with E-state index in [1.807, 2.05) is 0 Å². The third kappa shape index (κ3) is 5.14. The molecule has 1 heterocycles. The Labute approximate surface area is 186 Å². The summed E-state index contributed by atoms with van der Waals surface area (Å²) in [6, 6.07) is 13.2. The van der Waals surface area contributed by atoms with Crippen LogP contribution in [0.4, 0.5) is 11.4 Å². The summed E-state index contributed by atoms with van der Waals surface area (Å²) in [7, 11) is -3.97. The van der Waals surface area contributed by atoms with Crippen molar-refractivity contribution in [2.24, 2.45) is 5.92 Å². The molecule has 2 atom stereocenters. The number of anilines is 2. The van der Waals surface area contributed by atoms with Crippen LogP contribution < -0.4 is 14.9 Å². The lowest BCUT2D eigenvalue weighted by atomic mass is 10.1. The Kier molecular flexibility index (Phi) is 6.95. The van der Waals surface area contributed by atoms with Crippen LogP contribution in [0.25, 0.3) is 0 Å². The van der Waals surface area contributed by atoms with Crippen LogP contribution in [0.3, 0.4) is 0 Å². The van der Waals surface area contributed by atoms with Gasteiger partial charge in [0.05, 0.1) is 16.3 Å². The van der Waals surface area contributed by atoms with Gasteiger partial charge in [0.15, 0.2) is 6.10 Å². The van der Waals surface area contributed by atoms with Gasteiger partial charge in [0.25, 0.3) is 5.91 Å². The van der Waals surface area contributed by atoms with Crippen molar-refractivity contribution >= 4 is 39.2 Å². The number of benzene rings is 2. The molecule has 2 N–H and O–H groups in total. The van der Waals surface area contributed by atoms with E-state index in [1.54, 1.807) is 56.3 Å². The Bertz CT molecular complexity index is 1120. The van der Waals surface area contributed by atoms with E-state index in [-0.39, 0.29) is 17.3 Å². The molecule has 0 bridgehead atoms. The van der Waals surface area contributed by atoms with Crippen LogP contribution >= 0.6 is 0 Å². The summed E-state index contributed by atoms with van der Waals surface area (Å²) in [5.74, 6) is -2.28. The van der Waals surface area contributed by atoms with Gasteiger partial charge in [-0.05, 0) is 37.1 Å². The molecule has 2 aromatic carbocycles. The lowest BCUT2D eigenvalue weighted by molar-refractivity contribution is -0.156. The minimum absolute atomic E-state index is 0.0125. The van der Waals surface area contributed by atoms with E-state index in [9.17, 15) is 22.8 Å². The van der Waals surface area contributed by atoms with E-state index >= 15 is 0 Å². The van der Waals surface area contributed by atoms with Gasteiger partial charge in [-0.15, -0.1) is 0 Å². The summed E-state index contributed by atoms with van der Waals surface area (Å²) in [6.45, 7) is 4.50. The first-order valence-corrected chi connectivity index (χ1v) is 11.6. The van der Waals surface area contributed by atoms with Crippen LogP contribution in [0.1, 0.15) is 20.8 Å². The first-order chi connectivity index (χ1) is 15.1. The second-order valence-corrected chi connectivity index (χ2v) is 9.44. The van der Waals surface area contributed by atoms with Gasteiger partial charge in [0.2, 0.25) is 15.9 Å². The van der Waals surface area contributed by atoms with Gasteiger partial charge in [0.1, 0.15) is 12.6 Å². The van der Waals surface area contributed by atoms with Crippen LogP contribution in [0.2, 0.25) is 0 Å². The summed E-state index contributed by atoms with van der Waals surface area (Å²) >= 11 is 0. The number of ether oxygens (including phenoxy) is 1. The minimum atomic E-state index is -3.97. The standard InChI is InChI=1S/C22H25N3O6S/c1-14(2)20(24-32(29,30)16-9-5-4-6-10-16)22(28)31-15(3)21(27)25-13-19(26)23-17-11-7-8-12-18(17)25/h4-12,14-15,20,24H,13H2,1-3H3,(H,23,26)/t15-,20-/m1/s1. The molecule has 10 heteroatoms. The topological polar surface area (TPSA) is 122 Å². The summed E-state index contributed by atoms with van der Waals surface area (Å²) in [4.78, 5) is 39.0. The van der Waals surface area contributed by atoms with Crippen molar-refractivity contribution in [3.05, 3.63) is 54.6 Å². The highest BCUT2D eigenvalue weighted by molar-refractivity contribution is 7.89. The number of nitrogens with one attached hydrogen (secondary N) is 2. The zero-order valence-electron chi connectivity index (χ0n) is 17.9. The molecule has 0 unspecified atom stereocenters. The lowest BCUT2D eigenvalue weighted by Crippen LogP contribution is -2.50.